The third-order valence-electron chi connectivity index (χ3n) is 3.27. The summed E-state index contributed by atoms with van der Waals surface area (Å²) in [4.78, 5) is 4.46. The largest absolute Gasteiger partial charge is 0.493 e. The smallest absolute Gasteiger partial charge is 0.234 e. The normalized spacial score (nSPS) is 17.8. The molecule has 0 unspecified atom stereocenters. The lowest BCUT2D eigenvalue weighted by atomic mass is 9.93. The number of hydrogen-bond donors (Lipinski definition) is 0. The standard InChI is InChI=1S/C14H16N2O3/c1-17-8-7-13-15-14(19-16-13)11-6-9-18-12-5-3-2-4-10(11)12/h2-5,11H,6-9H2,1H3/t11-/m1/s1. The molecule has 0 bridgehead atoms. The SMILES string of the molecule is COCCc1noc([C@@H]2CCOc3ccccc32)n1. The molecule has 1 aromatic heterocycles. The average molecular weight is 260 g/mol. The Morgan fingerprint density at radius 3 is 3.16 bits per heavy atom. The topological polar surface area (TPSA) is 57.4 Å². The van der Waals surface area contributed by atoms with Gasteiger partial charge in [-0.2, -0.15) is 4.98 Å². The maximum absolute atomic E-state index is 5.64. The number of fused-ring (bicyclic) bond motifs is 1. The Labute approximate surface area is 111 Å². The lowest BCUT2D eigenvalue weighted by Crippen LogP contribution is -2.15. The van der Waals surface area contributed by atoms with E-state index in [1.165, 1.54) is 0 Å². The molecule has 5 nitrogen and oxygen atoms in total. The molecule has 1 aliphatic heterocycles. The molecule has 0 aliphatic carbocycles. The van der Waals surface area contributed by atoms with Crippen molar-refractivity contribution in [3.8, 4) is 5.75 Å². The van der Waals surface area contributed by atoms with Crippen LogP contribution in [0.25, 0.3) is 0 Å². The fraction of sp³-hybridized carbons (Fsp3) is 0.429. The number of methoxy groups -OCH3 is 1. The molecule has 1 aliphatic rings. The van der Waals surface area contributed by atoms with Crippen LogP contribution in [0, 0.1) is 0 Å². The van der Waals surface area contributed by atoms with Crippen molar-refractivity contribution in [1.82, 2.24) is 10.1 Å². The van der Waals surface area contributed by atoms with Crippen LogP contribution in [0.15, 0.2) is 28.8 Å². The second kappa shape index (κ2) is 5.40. The number of rotatable bonds is 4. The third-order valence-corrected chi connectivity index (χ3v) is 3.27. The fourth-order valence-corrected chi connectivity index (χ4v) is 2.30. The van der Waals surface area contributed by atoms with Crippen LogP contribution in [0.3, 0.4) is 0 Å². The quantitative estimate of drug-likeness (QED) is 0.843. The number of benzene rings is 1. The molecule has 0 fully saturated rings. The Morgan fingerprint density at radius 1 is 1.37 bits per heavy atom. The van der Waals surface area contributed by atoms with Crippen molar-refractivity contribution in [2.45, 2.75) is 18.8 Å². The minimum absolute atomic E-state index is 0.133. The lowest BCUT2D eigenvalue weighted by Gasteiger charge is -2.22. The highest BCUT2D eigenvalue weighted by Crippen LogP contribution is 2.36. The molecule has 2 heterocycles. The van der Waals surface area contributed by atoms with E-state index >= 15 is 0 Å². The molecule has 0 amide bonds. The highest BCUT2D eigenvalue weighted by molar-refractivity contribution is 5.40. The van der Waals surface area contributed by atoms with Crippen LogP contribution in [0.5, 0.6) is 5.75 Å². The van der Waals surface area contributed by atoms with Crippen molar-refractivity contribution in [1.29, 1.82) is 0 Å². The van der Waals surface area contributed by atoms with Gasteiger partial charge in [0.15, 0.2) is 5.82 Å². The van der Waals surface area contributed by atoms with Crippen LogP contribution in [-0.2, 0) is 11.2 Å². The van der Waals surface area contributed by atoms with Crippen molar-refractivity contribution in [2.75, 3.05) is 20.3 Å². The van der Waals surface area contributed by atoms with Crippen LogP contribution in [-0.4, -0.2) is 30.5 Å². The lowest BCUT2D eigenvalue weighted by molar-refractivity contribution is 0.199. The molecule has 1 aromatic carbocycles. The first kappa shape index (κ1) is 12.2. The van der Waals surface area contributed by atoms with E-state index in [-0.39, 0.29) is 5.92 Å². The molecule has 100 valence electrons. The molecule has 19 heavy (non-hydrogen) atoms. The molecule has 1 atom stereocenters. The molecule has 0 spiro atoms. The van der Waals surface area contributed by atoms with Gasteiger partial charge < -0.3 is 14.0 Å². The average Bonchev–Trinajstić information content (AvgIpc) is 2.93. The second-order valence-electron chi connectivity index (χ2n) is 4.52. The molecule has 5 heteroatoms. The van der Waals surface area contributed by atoms with Gasteiger partial charge in [0, 0.05) is 19.1 Å². The summed E-state index contributed by atoms with van der Waals surface area (Å²) in [5.74, 6) is 2.41. The first-order valence-corrected chi connectivity index (χ1v) is 6.41. The van der Waals surface area contributed by atoms with Gasteiger partial charge in [0.1, 0.15) is 5.75 Å². The summed E-state index contributed by atoms with van der Waals surface area (Å²) in [6.45, 7) is 1.28. The van der Waals surface area contributed by atoms with Crippen molar-refractivity contribution < 1.29 is 14.0 Å². The Bertz CT molecular complexity index is 553. The van der Waals surface area contributed by atoms with Crippen LogP contribution < -0.4 is 4.74 Å². The van der Waals surface area contributed by atoms with E-state index in [4.69, 9.17) is 14.0 Å². The predicted octanol–water partition coefficient (Wildman–Crippen LogP) is 2.17. The maximum Gasteiger partial charge on any atom is 0.234 e. The van der Waals surface area contributed by atoms with Crippen molar-refractivity contribution in [3.63, 3.8) is 0 Å². The van der Waals surface area contributed by atoms with Gasteiger partial charge in [-0.1, -0.05) is 23.4 Å². The molecule has 0 N–H and O–H groups in total. The monoisotopic (exact) mass is 260 g/mol. The summed E-state index contributed by atoms with van der Waals surface area (Å²) >= 11 is 0. The molecule has 0 radical (unpaired) electrons. The van der Waals surface area contributed by atoms with E-state index in [1.54, 1.807) is 7.11 Å². The van der Waals surface area contributed by atoms with Crippen LogP contribution in [0.4, 0.5) is 0 Å². The van der Waals surface area contributed by atoms with Crippen LogP contribution in [0.2, 0.25) is 0 Å². The van der Waals surface area contributed by atoms with Gasteiger partial charge >= 0.3 is 0 Å². The molecular weight excluding hydrogens is 244 g/mol. The van der Waals surface area contributed by atoms with E-state index < -0.39 is 0 Å². The number of aromatic nitrogens is 2. The van der Waals surface area contributed by atoms with Crippen molar-refractivity contribution >= 4 is 0 Å². The summed E-state index contributed by atoms with van der Waals surface area (Å²) in [6.07, 6.45) is 1.54. The van der Waals surface area contributed by atoms with Gasteiger partial charge in [0.25, 0.3) is 0 Å². The van der Waals surface area contributed by atoms with E-state index in [2.05, 4.69) is 16.2 Å². The summed E-state index contributed by atoms with van der Waals surface area (Å²) in [6, 6.07) is 8.00. The zero-order chi connectivity index (χ0) is 13.1. The van der Waals surface area contributed by atoms with E-state index in [0.717, 1.165) is 17.7 Å². The van der Waals surface area contributed by atoms with Gasteiger partial charge in [0.2, 0.25) is 5.89 Å². The predicted molar refractivity (Wildman–Crippen MR) is 68.3 cm³/mol. The summed E-state index contributed by atoms with van der Waals surface area (Å²) in [7, 11) is 1.66. The second-order valence-corrected chi connectivity index (χ2v) is 4.52. The van der Waals surface area contributed by atoms with E-state index in [9.17, 15) is 0 Å². The van der Waals surface area contributed by atoms with Gasteiger partial charge in [-0.3, -0.25) is 0 Å². The minimum atomic E-state index is 0.133. The molecular formula is C14H16N2O3. The van der Waals surface area contributed by atoms with Gasteiger partial charge in [-0.05, 0) is 12.5 Å². The maximum atomic E-state index is 5.64. The van der Waals surface area contributed by atoms with Crippen molar-refractivity contribution in [3.05, 3.63) is 41.5 Å². The first-order chi connectivity index (χ1) is 9.38. The van der Waals surface area contributed by atoms with Crippen molar-refractivity contribution in [2.24, 2.45) is 0 Å². The van der Waals surface area contributed by atoms with Gasteiger partial charge in [0.05, 0.1) is 19.1 Å². The highest BCUT2D eigenvalue weighted by Gasteiger charge is 2.27. The number of ether oxygens (including phenoxy) is 2. The number of para-hydroxylation sites is 1. The molecule has 2 aromatic rings. The molecule has 0 saturated heterocycles. The Hall–Kier alpha value is -1.88. The third kappa shape index (κ3) is 2.46. The van der Waals surface area contributed by atoms with Gasteiger partial charge in [-0.15, -0.1) is 0 Å². The molecule has 3 rings (SSSR count). The van der Waals surface area contributed by atoms with Gasteiger partial charge in [-0.25, -0.2) is 0 Å². The minimum Gasteiger partial charge on any atom is -0.493 e. The number of hydrogen-bond acceptors (Lipinski definition) is 5. The van der Waals surface area contributed by atoms with Crippen LogP contribution in [0.1, 0.15) is 29.6 Å². The Kier molecular flexibility index (Phi) is 3.46. The van der Waals surface area contributed by atoms with E-state index in [0.29, 0.717) is 31.3 Å². The first-order valence-electron chi connectivity index (χ1n) is 6.41. The summed E-state index contributed by atoms with van der Waals surface area (Å²) in [5.41, 5.74) is 1.12. The van der Waals surface area contributed by atoms with E-state index in [1.807, 2.05) is 18.2 Å². The Morgan fingerprint density at radius 2 is 2.26 bits per heavy atom. The summed E-state index contributed by atoms with van der Waals surface area (Å²) < 4.78 is 16.0. The van der Waals surface area contributed by atoms with Crippen LogP contribution >= 0.6 is 0 Å². The fourth-order valence-electron chi connectivity index (χ4n) is 2.30. The summed E-state index contributed by atoms with van der Waals surface area (Å²) in [5, 5.41) is 3.99. The Balaban J connectivity index is 1.85. The highest BCUT2D eigenvalue weighted by atomic mass is 16.5. The zero-order valence-electron chi connectivity index (χ0n) is 10.8. The zero-order valence-corrected chi connectivity index (χ0v) is 10.8. The molecule has 0 saturated carbocycles. The number of nitrogens with zero attached hydrogens (tertiary/aromatic N) is 2.